The molecule has 0 atom stereocenters. The van der Waals surface area contributed by atoms with Gasteiger partial charge >= 0.3 is 6.03 Å². The van der Waals surface area contributed by atoms with E-state index in [1.165, 1.54) is 0 Å². The number of carbonyl (C=O) groups excluding carboxylic acids is 3. The highest BCUT2D eigenvalue weighted by atomic mass is 16.2. The molecule has 0 aromatic heterocycles. The van der Waals surface area contributed by atoms with E-state index in [0.717, 1.165) is 24.2 Å². The Kier molecular flexibility index (Phi) is 9.11. The van der Waals surface area contributed by atoms with Crippen LogP contribution in [0.15, 0.2) is 48.5 Å². The summed E-state index contributed by atoms with van der Waals surface area (Å²) in [7, 11) is 1.79. The molecule has 3 rings (SSSR count). The van der Waals surface area contributed by atoms with Crippen LogP contribution in [0.2, 0.25) is 0 Å². The molecule has 0 spiro atoms. The molecule has 1 fully saturated rings. The average molecular weight is 480 g/mol. The van der Waals surface area contributed by atoms with Crippen LogP contribution in [0.4, 0.5) is 16.2 Å². The topological polar surface area (TPSA) is 85.0 Å². The predicted octanol–water partition coefficient (Wildman–Crippen LogP) is 3.94. The highest BCUT2D eigenvalue weighted by Gasteiger charge is 2.24. The molecule has 4 amide bonds. The zero-order valence-electron chi connectivity index (χ0n) is 21.2. The van der Waals surface area contributed by atoms with Gasteiger partial charge in [0.05, 0.1) is 5.56 Å². The van der Waals surface area contributed by atoms with Gasteiger partial charge in [-0.1, -0.05) is 37.3 Å². The molecule has 2 N–H and O–H groups in total. The number of benzene rings is 2. The average Bonchev–Trinajstić information content (AvgIpc) is 3.10. The molecular weight excluding hydrogens is 442 g/mol. The van der Waals surface area contributed by atoms with Crippen LogP contribution in [0.5, 0.6) is 0 Å². The van der Waals surface area contributed by atoms with Gasteiger partial charge in [-0.25, -0.2) is 4.79 Å². The minimum Gasteiger partial charge on any atom is -0.369 e. The van der Waals surface area contributed by atoms with Crippen molar-refractivity contribution in [3.05, 3.63) is 59.7 Å². The summed E-state index contributed by atoms with van der Waals surface area (Å²) < 4.78 is 0. The van der Waals surface area contributed by atoms with E-state index in [9.17, 15) is 14.4 Å². The minimum absolute atomic E-state index is 0.0571. The molecule has 0 radical (unpaired) electrons. The number of carbonyl (C=O) groups is 3. The van der Waals surface area contributed by atoms with E-state index < -0.39 is 0 Å². The van der Waals surface area contributed by atoms with Gasteiger partial charge < -0.3 is 25.3 Å². The fourth-order valence-corrected chi connectivity index (χ4v) is 4.14. The number of anilines is 2. The first-order valence-corrected chi connectivity index (χ1v) is 12.3. The van der Waals surface area contributed by atoms with Gasteiger partial charge in [-0.05, 0) is 44.0 Å². The van der Waals surface area contributed by atoms with Crippen molar-refractivity contribution >= 4 is 29.2 Å². The van der Waals surface area contributed by atoms with Gasteiger partial charge in [0.1, 0.15) is 0 Å². The molecule has 1 saturated heterocycles. The Bertz CT molecular complexity index is 1020. The lowest BCUT2D eigenvalue weighted by atomic mass is 10.1. The number of rotatable bonds is 7. The van der Waals surface area contributed by atoms with E-state index in [1.807, 2.05) is 61.2 Å². The Morgan fingerprint density at radius 2 is 1.74 bits per heavy atom. The molecule has 1 aliphatic heterocycles. The Hall–Kier alpha value is -3.55. The highest BCUT2D eigenvalue weighted by molar-refractivity contribution is 6.02. The number of nitrogens with one attached hydrogen (secondary N) is 2. The standard InChI is InChI=1S/C27H37N5O3/c1-5-25(33)29-22-12-13-24(31-14-9-15-32(17-16-31)27(35)28-20(2)3)23(18-22)26(34)30(4)19-21-10-7-6-8-11-21/h6-8,10-13,18,20H,5,9,14-17,19H2,1-4H3,(H,28,35)(H,29,33). The van der Waals surface area contributed by atoms with Crippen LogP contribution in [0, 0.1) is 0 Å². The Balaban J connectivity index is 1.85. The van der Waals surface area contributed by atoms with Gasteiger partial charge in [-0.3, -0.25) is 9.59 Å². The van der Waals surface area contributed by atoms with E-state index in [0.29, 0.717) is 43.9 Å². The quantitative estimate of drug-likeness (QED) is 0.630. The molecule has 1 aliphatic rings. The summed E-state index contributed by atoms with van der Waals surface area (Å²) in [5.74, 6) is -0.217. The molecule has 0 bridgehead atoms. The molecule has 1 heterocycles. The van der Waals surface area contributed by atoms with Crippen LogP contribution >= 0.6 is 0 Å². The number of amides is 4. The van der Waals surface area contributed by atoms with Crippen LogP contribution in [0.25, 0.3) is 0 Å². The Morgan fingerprint density at radius 3 is 2.43 bits per heavy atom. The van der Waals surface area contributed by atoms with Gasteiger partial charge in [0, 0.05) is 63.6 Å². The lowest BCUT2D eigenvalue weighted by Gasteiger charge is -2.28. The summed E-state index contributed by atoms with van der Waals surface area (Å²) in [6, 6.07) is 15.4. The lowest BCUT2D eigenvalue weighted by molar-refractivity contribution is -0.115. The van der Waals surface area contributed by atoms with Crippen molar-refractivity contribution in [3.63, 3.8) is 0 Å². The lowest BCUT2D eigenvalue weighted by Crippen LogP contribution is -2.44. The number of hydrogen-bond acceptors (Lipinski definition) is 4. The van der Waals surface area contributed by atoms with Crippen molar-refractivity contribution in [2.45, 2.75) is 46.2 Å². The number of urea groups is 1. The van der Waals surface area contributed by atoms with Gasteiger partial charge in [0.15, 0.2) is 0 Å². The largest absolute Gasteiger partial charge is 0.369 e. The first-order chi connectivity index (χ1) is 16.8. The molecule has 8 nitrogen and oxygen atoms in total. The normalized spacial score (nSPS) is 13.9. The van der Waals surface area contributed by atoms with Gasteiger partial charge in [-0.2, -0.15) is 0 Å². The summed E-state index contributed by atoms with van der Waals surface area (Å²) in [6.07, 6.45) is 1.16. The van der Waals surface area contributed by atoms with Gasteiger partial charge in [-0.15, -0.1) is 0 Å². The number of hydrogen-bond donors (Lipinski definition) is 2. The summed E-state index contributed by atoms with van der Waals surface area (Å²) in [6.45, 7) is 8.76. The molecule has 0 unspecified atom stereocenters. The molecule has 2 aromatic rings. The third-order valence-electron chi connectivity index (χ3n) is 5.98. The van der Waals surface area contributed by atoms with E-state index >= 15 is 0 Å². The maximum absolute atomic E-state index is 13.6. The van der Waals surface area contributed by atoms with Gasteiger partial charge in [0.25, 0.3) is 5.91 Å². The molecule has 35 heavy (non-hydrogen) atoms. The van der Waals surface area contributed by atoms with Crippen LogP contribution in [0.1, 0.15) is 49.5 Å². The van der Waals surface area contributed by atoms with Crippen molar-refractivity contribution in [1.29, 1.82) is 0 Å². The van der Waals surface area contributed by atoms with E-state index in [4.69, 9.17) is 0 Å². The second-order valence-corrected chi connectivity index (χ2v) is 9.21. The van der Waals surface area contributed by atoms with Crippen molar-refractivity contribution in [1.82, 2.24) is 15.1 Å². The smallest absolute Gasteiger partial charge is 0.317 e. The number of nitrogens with zero attached hydrogens (tertiary/aromatic N) is 3. The van der Waals surface area contributed by atoms with Crippen molar-refractivity contribution in [2.24, 2.45) is 0 Å². The van der Waals surface area contributed by atoms with Crippen LogP contribution in [0.3, 0.4) is 0 Å². The van der Waals surface area contributed by atoms with Crippen molar-refractivity contribution in [2.75, 3.05) is 43.4 Å². The van der Waals surface area contributed by atoms with Crippen molar-refractivity contribution < 1.29 is 14.4 Å². The maximum atomic E-state index is 13.6. The van der Waals surface area contributed by atoms with Gasteiger partial charge in [0.2, 0.25) is 5.91 Å². The third-order valence-corrected chi connectivity index (χ3v) is 5.98. The first kappa shape index (κ1) is 26.1. The maximum Gasteiger partial charge on any atom is 0.317 e. The first-order valence-electron chi connectivity index (χ1n) is 12.3. The second kappa shape index (κ2) is 12.2. The molecule has 188 valence electrons. The molecule has 0 saturated carbocycles. The minimum atomic E-state index is -0.116. The highest BCUT2D eigenvalue weighted by Crippen LogP contribution is 2.27. The SMILES string of the molecule is CCC(=O)Nc1ccc(N2CCCN(C(=O)NC(C)C)CC2)c(C(=O)N(C)Cc2ccccc2)c1. The second-order valence-electron chi connectivity index (χ2n) is 9.21. The summed E-state index contributed by atoms with van der Waals surface area (Å²) in [5.41, 5.74) is 3.00. The van der Waals surface area contributed by atoms with E-state index in [2.05, 4.69) is 15.5 Å². The molecule has 8 heteroatoms. The summed E-state index contributed by atoms with van der Waals surface area (Å²) in [5, 5.41) is 5.83. The van der Waals surface area contributed by atoms with E-state index in [-0.39, 0.29) is 23.9 Å². The molecule has 0 aliphatic carbocycles. The van der Waals surface area contributed by atoms with E-state index in [1.54, 1.807) is 24.9 Å². The zero-order chi connectivity index (χ0) is 25.4. The molecular formula is C27H37N5O3. The van der Waals surface area contributed by atoms with Crippen LogP contribution < -0.4 is 15.5 Å². The Morgan fingerprint density at radius 1 is 1.00 bits per heavy atom. The Labute approximate surface area is 208 Å². The van der Waals surface area contributed by atoms with Crippen molar-refractivity contribution in [3.8, 4) is 0 Å². The monoisotopic (exact) mass is 479 g/mol. The summed E-state index contributed by atoms with van der Waals surface area (Å²) >= 11 is 0. The van der Waals surface area contributed by atoms with Crippen LogP contribution in [-0.4, -0.2) is 66.9 Å². The fourth-order valence-electron chi connectivity index (χ4n) is 4.14. The zero-order valence-corrected chi connectivity index (χ0v) is 21.2. The van der Waals surface area contributed by atoms with Crippen LogP contribution in [-0.2, 0) is 11.3 Å². The predicted molar refractivity (Wildman–Crippen MR) is 140 cm³/mol. The summed E-state index contributed by atoms with van der Waals surface area (Å²) in [4.78, 5) is 43.8. The molecule has 2 aromatic carbocycles. The third kappa shape index (κ3) is 7.21. The fraction of sp³-hybridized carbons (Fsp3) is 0.444.